The molecular formula is C17H25ClN2O3. The number of benzene rings is 1. The second kappa shape index (κ2) is 9.75. The average molecular weight is 341 g/mol. The standard InChI is InChI=1S/C17H25ClN2O3/c1-20(12-14-6-2-3-8-16(14)18)17(21)19-9-5-10-22-13-15-7-4-11-23-15/h2-3,6,8,15H,4-5,7,9-13H2,1H3,(H,19,21). The van der Waals surface area contributed by atoms with Gasteiger partial charge in [0.2, 0.25) is 0 Å². The fourth-order valence-electron chi connectivity index (χ4n) is 2.45. The number of carbonyl (C=O) groups excluding carboxylic acids is 1. The molecule has 2 rings (SSSR count). The molecule has 0 bridgehead atoms. The maximum absolute atomic E-state index is 12.0. The third-order valence-corrected chi connectivity index (χ3v) is 4.15. The first-order valence-electron chi connectivity index (χ1n) is 8.08. The molecule has 2 amide bonds. The Morgan fingerprint density at radius 3 is 3.04 bits per heavy atom. The molecular weight excluding hydrogens is 316 g/mol. The maximum Gasteiger partial charge on any atom is 0.317 e. The Balaban J connectivity index is 1.56. The molecule has 0 saturated carbocycles. The molecule has 1 fully saturated rings. The van der Waals surface area contributed by atoms with Crippen molar-refractivity contribution in [2.24, 2.45) is 0 Å². The van der Waals surface area contributed by atoms with Gasteiger partial charge in [0, 0.05) is 38.4 Å². The van der Waals surface area contributed by atoms with Crippen LogP contribution in [-0.2, 0) is 16.0 Å². The van der Waals surface area contributed by atoms with E-state index in [1.165, 1.54) is 0 Å². The van der Waals surface area contributed by atoms with E-state index in [-0.39, 0.29) is 12.1 Å². The lowest BCUT2D eigenvalue weighted by Gasteiger charge is -2.18. The summed E-state index contributed by atoms with van der Waals surface area (Å²) in [6, 6.07) is 7.43. The summed E-state index contributed by atoms with van der Waals surface area (Å²) in [4.78, 5) is 13.6. The van der Waals surface area contributed by atoms with Gasteiger partial charge >= 0.3 is 6.03 Å². The Labute approximate surface area is 142 Å². The van der Waals surface area contributed by atoms with Gasteiger partial charge < -0.3 is 19.7 Å². The summed E-state index contributed by atoms with van der Waals surface area (Å²) in [6.45, 7) is 3.22. The molecule has 0 aromatic heterocycles. The summed E-state index contributed by atoms with van der Waals surface area (Å²) in [5, 5.41) is 3.56. The van der Waals surface area contributed by atoms with Crippen molar-refractivity contribution in [2.45, 2.75) is 31.9 Å². The van der Waals surface area contributed by atoms with Crippen LogP contribution >= 0.6 is 11.6 Å². The first kappa shape index (κ1) is 18.0. The highest BCUT2D eigenvalue weighted by atomic mass is 35.5. The molecule has 128 valence electrons. The van der Waals surface area contributed by atoms with Crippen LogP contribution in [0.3, 0.4) is 0 Å². The van der Waals surface area contributed by atoms with Gasteiger partial charge in [-0.05, 0) is 30.9 Å². The minimum absolute atomic E-state index is 0.107. The number of hydrogen-bond donors (Lipinski definition) is 1. The van der Waals surface area contributed by atoms with Crippen LogP contribution < -0.4 is 5.32 Å². The largest absolute Gasteiger partial charge is 0.379 e. The summed E-state index contributed by atoms with van der Waals surface area (Å²) < 4.78 is 11.0. The molecule has 23 heavy (non-hydrogen) atoms. The smallest absolute Gasteiger partial charge is 0.317 e. The maximum atomic E-state index is 12.0. The van der Waals surface area contributed by atoms with Gasteiger partial charge in [0.05, 0.1) is 12.7 Å². The molecule has 1 aromatic rings. The SMILES string of the molecule is CN(Cc1ccccc1Cl)C(=O)NCCCOCC1CCCO1. The molecule has 1 aromatic carbocycles. The van der Waals surface area contributed by atoms with Crippen LogP contribution in [0.2, 0.25) is 5.02 Å². The zero-order valence-electron chi connectivity index (χ0n) is 13.6. The van der Waals surface area contributed by atoms with E-state index in [9.17, 15) is 4.79 Å². The molecule has 0 spiro atoms. The molecule has 1 saturated heterocycles. The van der Waals surface area contributed by atoms with Crippen molar-refractivity contribution in [3.8, 4) is 0 Å². The fraction of sp³-hybridized carbons (Fsp3) is 0.588. The van der Waals surface area contributed by atoms with Crippen LogP contribution in [0.1, 0.15) is 24.8 Å². The average Bonchev–Trinajstić information content (AvgIpc) is 3.06. The van der Waals surface area contributed by atoms with Crippen molar-refractivity contribution in [3.05, 3.63) is 34.9 Å². The lowest BCUT2D eigenvalue weighted by atomic mass is 10.2. The summed E-state index contributed by atoms with van der Waals surface area (Å²) in [5.41, 5.74) is 0.937. The first-order chi connectivity index (χ1) is 11.2. The molecule has 1 aliphatic heterocycles. The Kier molecular flexibility index (Phi) is 7.65. The van der Waals surface area contributed by atoms with E-state index >= 15 is 0 Å². The van der Waals surface area contributed by atoms with Crippen molar-refractivity contribution >= 4 is 17.6 Å². The monoisotopic (exact) mass is 340 g/mol. The van der Waals surface area contributed by atoms with E-state index in [4.69, 9.17) is 21.1 Å². The van der Waals surface area contributed by atoms with Crippen LogP contribution in [0.5, 0.6) is 0 Å². The highest BCUT2D eigenvalue weighted by Crippen LogP contribution is 2.16. The third kappa shape index (κ3) is 6.37. The number of hydrogen-bond acceptors (Lipinski definition) is 3. The van der Waals surface area contributed by atoms with Crippen LogP contribution in [0, 0.1) is 0 Å². The second-order valence-electron chi connectivity index (χ2n) is 5.74. The number of amides is 2. The Hall–Kier alpha value is -1.30. The summed E-state index contributed by atoms with van der Waals surface area (Å²) in [7, 11) is 1.76. The number of nitrogens with zero attached hydrogens (tertiary/aromatic N) is 1. The van der Waals surface area contributed by atoms with Crippen molar-refractivity contribution in [2.75, 3.05) is 33.4 Å². The summed E-state index contributed by atoms with van der Waals surface area (Å²) in [6.07, 6.45) is 3.26. The van der Waals surface area contributed by atoms with Gasteiger partial charge in [-0.3, -0.25) is 0 Å². The molecule has 1 N–H and O–H groups in total. The van der Waals surface area contributed by atoms with Gasteiger partial charge in [-0.15, -0.1) is 0 Å². The summed E-state index contributed by atoms with van der Waals surface area (Å²) >= 11 is 6.10. The van der Waals surface area contributed by atoms with Crippen LogP contribution in [0.25, 0.3) is 0 Å². The number of urea groups is 1. The van der Waals surface area contributed by atoms with Crippen molar-refractivity contribution < 1.29 is 14.3 Å². The molecule has 1 aliphatic rings. The minimum atomic E-state index is -0.107. The highest BCUT2D eigenvalue weighted by molar-refractivity contribution is 6.31. The van der Waals surface area contributed by atoms with Gasteiger partial charge in [-0.25, -0.2) is 4.79 Å². The third-order valence-electron chi connectivity index (χ3n) is 3.78. The lowest BCUT2D eigenvalue weighted by molar-refractivity contribution is 0.0167. The molecule has 1 atom stereocenters. The van der Waals surface area contributed by atoms with E-state index in [0.29, 0.717) is 31.3 Å². The number of ether oxygens (including phenoxy) is 2. The van der Waals surface area contributed by atoms with Gasteiger partial charge in [0.1, 0.15) is 0 Å². The predicted molar refractivity (Wildman–Crippen MR) is 90.7 cm³/mol. The first-order valence-corrected chi connectivity index (χ1v) is 8.46. The highest BCUT2D eigenvalue weighted by Gasteiger charge is 2.15. The van der Waals surface area contributed by atoms with Crippen molar-refractivity contribution in [3.63, 3.8) is 0 Å². The molecule has 5 nitrogen and oxygen atoms in total. The van der Waals surface area contributed by atoms with E-state index in [0.717, 1.165) is 31.4 Å². The quantitative estimate of drug-likeness (QED) is 0.740. The van der Waals surface area contributed by atoms with Crippen LogP contribution in [0.15, 0.2) is 24.3 Å². The molecule has 0 aliphatic carbocycles. The Morgan fingerprint density at radius 1 is 1.48 bits per heavy atom. The van der Waals surface area contributed by atoms with Crippen molar-refractivity contribution in [1.29, 1.82) is 0 Å². The topological polar surface area (TPSA) is 50.8 Å². The second-order valence-corrected chi connectivity index (χ2v) is 6.15. The minimum Gasteiger partial charge on any atom is -0.379 e. The van der Waals surface area contributed by atoms with Gasteiger partial charge in [-0.2, -0.15) is 0 Å². The number of nitrogens with one attached hydrogen (secondary N) is 1. The zero-order valence-corrected chi connectivity index (χ0v) is 14.3. The van der Waals surface area contributed by atoms with E-state index in [1.54, 1.807) is 11.9 Å². The molecule has 0 radical (unpaired) electrons. The van der Waals surface area contributed by atoms with Gasteiger partial charge in [0.25, 0.3) is 0 Å². The van der Waals surface area contributed by atoms with Crippen LogP contribution in [0.4, 0.5) is 4.79 Å². The normalized spacial score (nSPS) is 17.2. The van der Waals surface area contributed by atoms with Crippen molar-refractivity contribution in [1.82, 2.24) is 10.2 Å². The molecule has 6 heteroatoms. The van der Waals surface area contributed by atoms with Gasteiger partial charge in [-0.1, -0.05) is 29.8 Å². The Bertz CT molecular complexity index is 492. The van der Waals surface area contributed by atoms with Crippen LogP contribution in [-0.4, -0.2) is 50.4 Å². The van der Waals surface area contributed by atoms with E-state index in [2.05, 4.69) is 5.32 Å². The summed E-state index contributed by atoms with van der Waals surface area (Å²) in [5.74, 6) is 0. The molecule has 1 heterocycles. The number of rotatable bonds is 8. The number of carbonyl (C=O) groups is 1. The predicted octanol–water partition coefficient (Wildman–Crippen LogP) is 3.07. The van der Waals surface area contributed by atoms with E-state index < -0.39 is 0 Å². The number of halogens is 1. The van der Waals surface area contributed by atoms with Gasteiger partial charge in [0.15, 0.2) is 0 Å². The fourth-order valence-corrected chi connectivity index (χ4v) is 2.64. The molecule has 1 unspecified atom stereocenters. The zero-order chi connectivity index (χ0) is 16.5. The lowest BCUT2D eigenvalue weighted by Crippen LogP contribution is -2.37. The van der Waals surface area contributed by atoms with E-state index in [1.807, 2.05) is 24.3 Å². The Morgan fingerprint density at radius 2 is 2.30 bits per heavy atom.